The van der Waals surface area contributed by atoms with Gasteiger partial charge in [-0.3, -0.25) is 0 Å². The molecule has 1 aromatic rings. The zero-order chi connectivity index (χ0) is 15.1. The smallest absolute Gasteiger partial charge is 0.375 e. The number of nitrogens with two attached hydrogens (primary N) is 1. The molecule has 0 aromatic heterocycles. The van der Waals surface area contributed by atoms with Crippen molar-refractivity contribution in [2.24, 2.45) is 11.7 Å². The Morgan fingerprint density at radius 3 is 2.67 bits per heavy atom. The van der Waals surface area contributed by atoms with Crippen molar-refractivity contribution in [3.05, 3.63) is 35.4 Å². The fourth-order valence-corrected chi connectivity index (χ4v) is 3.49. The summed E-state index contributed by atoms with van der Waals surface area (Å²) in [4.78, 5) is 0. The average Bonchev–Trinajstić information content (AvgIpc) is 2.44. The van der Waals surface area contributed by atoms with Crippen molar-refractivity contribution in [1.29, 1.82) is 0 Å². The zero-order valence-corrected chi connectivity index (χ0v) is 11.8. The van der Waals surface area contributed by atoms with Gasteiger partial charge in [-0.05, 0) is 55.7 Å². The molecule has 21 heavy (non-hydrogen) atoms. The SMILES string of the molecule is NC(c1cccc(C(F)(F)F)c1)C1CCOC2(CCC2)C1. The maximum absolute atomic E-state index is 12.8. The number of hydrogen-bond acceptors (Lipinski definition) is 2. The second-order valence-corrected chi connectivity index (χ2v) is 6.29. The average molecular weight is 299 g/mol. The third-order valence-corrected chi connectivity index (χ3v) is 4.90. The van der Waals surface area contributed by atoms with E-state index < -0.39 is 11.7 Å². The van der Waals surface area contributed by atoms with E-state index in [1.54, 1.807) is 6.07 Å². The molecule has 1 spiro atoms. The lowest BCUT2D eigenvalue weighted by Gasteiger charge is -2.48. The summed E-state index contributed by atoms with van der Waals surface area (Å²) in [5.74, 6) is 0.197. The highest BCUT2D eigenvalue weighted by Gasteiger charge is 2.44. The van der Waals surface area contributed by atoms with E-state index in [9.17, 15) is 13.2 Å². The second kappa shape index (κ2) is 5.29. The number of hydrogen-bond donors (Lipinski definition) is 1. The molecular formula is C16H20F3NO. The molecule has 0 amide bonds. The van der Waals surface area contributed by atoms with Crippen LogP contribution in [0.3, 0.4) is 0 Å². The highest BCUT2D eigenvalue weighted by molar-refractivity contribution is 5.28. The minimum atomic E-state index is -4.32. The lowest BCUT2D eigenvalue weighted by molar-refractivity contribution is -0.146. The van der Waals surface area contributed by atoms with Gasteiger partial charge in [-0.2, -0.15) is 13.2 Å². The maximum atomic E-state index is 12.8. The summed E-state index contributed by atoms with van der Waals surface area (Å²) in [6.45, 7) is 0.664. The van der Waals surface area contributed by atoms with Crippen LogP contribution >= 0.6 is 0 Å². The van der Waals surface area contributed by atoms with Crippen LogP contribution in [0.5, 0.6) is 0 Å². The predicted octanol–water partition coefficient (Wildman–Crippen LogP) is 4.05. The van der Waals surface area contributed by atoms with Gasteiger partial charge in [-0.1, -0.05) is 12.1 Å². The standard InChI is InChI=1S/C16H20F3NO/c17-16(18,19)13-4-1-3-11(9-13)14(20)12-5-8-21-15(10-12)6-2-7-15/h1,3-4,9,12,14H,2,5-8,10,20H2. The molecule has 116 valence electrons. The van der Waals surface area contributed by atoms with Gasteiger partial charge in [0.05, 0.1) is 11.2 Å². The zero-order valence-electron chi connectivity index (χ0n) is 11.8. The molecule has 2 unspecified atom stereocenters. The van der Waals surface area contributed by atoms with Crippen molar-refractivity contribution in [2.75, 3.05) is 6.61 Å². The first-order valence-corrected chi connectivity index (χ1v) is 7.46. The number of ether oxygens (including phenoxy) is 1. The predicted molar refractivity (Wildman–Crippen MR) is 73.6 cm³/mol. The van der Waals surface area contributed by atoms with Gasteiger partial charge in [0, 0.05) is 12.6 Å². The summed E-state index contributed by atoms with van der Waals surface area (Å²) in [5.41, 5.74) is 6.17. The van der Waals surface area contributed by atoms with E-state index in [4.69, 9.17) is 10.5 Å². The number of benzene rings is 1. The van der Waals surface area contributed by atoms with Gasteiger partial charge in [0.15, 0.2) is 0 Å². The first-order valence-electron chi connectivity index (χ1n) is 7.46. The van der Waals surface area contributed by atoms with Crippen LogP contribution in [0, 0.1) is 5.92 Å². The summed E-state index contributed by atoms with van der Waals surface area (Å²) in [7, 11) is 0. The molecule has 1 saturated heterocycles. The van der Waals surface area contributed by atoms with Crippen LogP contribution in [0.1, 0.15) is 49.3 Å². The van der Waals surface area contributed by atoms with Crippen molar-refractivity contribution < 1.29 is 17.9 Å². The fraction of sp³-hybridized carbons (Fsp3) is 0.625. The summed E-state index contributed by atoms with van der Waals surface area (Å²) < 4.78 is 44.3. The van der Waals surface area contributed by atoms with Crippen LogP contribution in [0.4, 0.5) is 13.2 Å². The number of rotatable bonds is 2. The van der Waals surface area contributed by atoms with Gasteiger partial charge in [0.2, 0.25) is 0 Å². The highest BCUT2D eigenvalue weighted by atomic mass is 19.4. The normalized spacial score (nSPS) is 26.4. The van der Waals surface area contributed by atoms with Crippen molar-refractivity contribution in [3.63, 3.8) is 0 Å². The minimum absolute atomic E-state index is 0.0395. The Bertz CT molecular complexity index is 510. The van der Waals surface area contributed by atoms with E-state index in [2.05, 4.69) is 0 Å². The molecule has 5 heteroatoms. The lowest BCUT2D eigenvalue weighted by atomic mass is 9.70. The Morgan fingerprint density at radius 1 is 1.29 bits per heavy atom. The summed E-state index contributed by atoms with van der Waals surface area (Å²) in [6.07, 6.45) is 0.646. The van der Waals surface area contributed by atoms with E-state index in [0.29, 0.717) is 12.2 Å². The Morgan fingerprint density at radius 2 is 2.05 bits per heavy atom. The van der Waals surface area contributed by atoms with Gasteiger partial charge in [-0.15, -0.1) is 0 Å². The Labute approximate surface area is 122 Å². The molecular weight excluding hydrogens is 279 g/mol. The van der Waals surface area contributed by atoms with E-state index in [0.717, 1.165) is 31.7 Å². The van der Waals surface area contributed by atoms with Gasteiger partial charge >= 0.3 is 6.18 Å². The van der Waals surface area contributed by atoms with E-state index in [1.165, 1.54) is 18.6 Å². The number of alkyl halides is 3. The van der Waals surface area contributed by atoms with Gasteiger partial charge in [0.1, 0.15) is 0 Å². The van der Waals surface area contributed by atoms with Gasteiger partial charge in [-0.25, -0.2) is 0 Å². The van der Waals surface area contributed by atoms with Crippen molar-refractivity contribution >= 4 is 0 Å². The molecule has 2 fully saturated rings. The molecule has 1 heterocycles. The monoisotopic (exact) mass is 299 g/mol. The van der Waals surface area contributed by atoms with E-state index >= 15 is 0 Å². The van der Waals surface area contributed by atoms with Crippen LogP contribution in [0.2, 0.25) is 0 Å². The van der Waals surface area contributed by atoms with Crippen LogP contribution in [-0.2, 0) is 10.9 Å². The molecule has 1 aliphatic heterocycles. The molecule has 1 aliphatic carbocycles. The van der Waals surface area contributed by atoms with Crippen molar-refractivity contribution in [2.45, 2.75) is 49.9 Å². The molecule has 2 aliphatic rings. The van der Waals surface area contributed by atoms with Crippen LogP contribution in [-0.4, -0.2) is 12.2 Å². The molecule has 0 bridgehead atoms. The molecule has 2 atom stereocenters. The molecule has 1 aromatic carbocycles. The van der Waals surface area contributed by atoms with Crippen molar-refractivity contribution in [1.82, 2.24) is 0 Å². The first-order chi connectivity index (χ1) is 9.90. The third kappa shape index (κ3) is 2.94. The third-order valence-electron chi connectivity index (χ3n) is 4.90. The fourth-order valence-electron chi connectivity index (χ4n) is 3.49. The molecule has 2 nitrogen and oxygen atoms in total. The van der Waals surface area contributed by atoms with E-state index in [-0.39, 0.29) is 17.6 Å². The van der Waals surface area contributed by atoms with Crippen LogP contribution in [0.15, 0.2) is 24.3 Å². The van der Waals surface area contributed by atoms with Gasteiger partial charge in [0.25, 0.3) is 0 Å². The maximum Gasteiger partial charge on any atom is 0.416 e. The van der Waals surface area contributed by atoms with Crippen LogP contribution < -0.4 is 5.73 Å². The topological polar surface area (TPSA) is 35.2 Å². The minimum Gasteiger partial charge on any atom is -0.375 e. The Balaban J connectivity index is 1.77. The Hall–Kier alpha value is -1.07. The molecule has 3 rings (SSSR count). The summed E-state index contributed by atoms with van der Waals surface area (Å²) in [6, 6.07) is 5.06. The molecule has 0 radical (unpaired) electrons. The molecule has 1 saturated carbocycles. The lowest BCUT2D eigenvalue weighted by Crippen LogP contribution is -2.47. The van der Waals surface area contributed by atoms with Crippen molar-refractivity contribution in [3.8, 4) is 0 Å². The quantitative estimate of drug-likeness (QED) is 0.894. The van der Waals surface area contributed by atoms with Gasteiger partial charge < -0.3 is 10.5 Å². The summed E-state index contributed by atoms with van der Waals surface area (Å²) >= 11 is 0. The second-order valence-electron chi connectivity index (χ2n) is 6.29. The summed E-state index contributed by atoms with van der Waals surface area (Å²) in [5, 5.41) is 0. The van der Waals surface area contributed by atoms with Crippen LogP contribution in [0.25, 0.3) is 0 Å². The first kappa shape index (κ1) is 14.9. The Kier molecular flexibility index (Phi) is 3.74. The largest absolute Gasteiger partial charge is 0.416 e. The number of halogens is 3. The van der Waals surface area contributed by atoms with E-state index in [1.807, 2.05) is 0 Å². The highest BCUT2D eigenvalue weighted by Crippen LogP contribution is 2.46. The molecule has 2 N–H and O–H groups in total.